The second-order valence-electron chi connectivity index (χ2n) is 5.03. The number of aryl methyl sites for hydroxylation is 3. The molecule has 110 valence electrons. The van der Waals surface area contributed by atoms with E-state index in [4.69, 9.17) is 0 Å². The third-order valence-electron chi connectivity index (χ3n) is 3.32. The molecule has 0 bridgehead atoms. The van der Waals surface area contributed by atoms with Gasteiger partial charge in [0.05, 0.1) is 11.1 Å². The van der Waals surface area contributed by atoms with Crippen molar-refractivity contribution in [2.24, 2.45) is 0 Å². The Labute approximate surface area is 128 Å². The number of hydrogen-bond donors (Lipinski definition) is 1. The first kappa shape index (κ1) is 14.0. The van der Waals surface area contributed by atoms with E-state index in [0.717, 1.165) is 40.4 Å². The third kappa shape index (κ3) is 2.51. The van der Waals surface area contributed by atoms with Crippen molar-refractivity contribution in [2.75, 3.05) is 11.9 Å². The minimum atomic E-state index is 0.664. The van der Waals surface area contributed by atoms with E-state index in [9.17, 15) is 0 Å². The van der Waals surface area contributed by atoms with Crippen LogP contribution in [-0.2, 0) is 6.42 Å². The van der Waals surface area contributed by atoms with Gasteiger partial charge in [0.15, 0.2) is 5.82 Å². The highest BCUT2D eigenvalue weighted by molar-refractivity contribution is 7.18. The molecule has 1 N–H and O–H groups in total. The van der Waals surface area contributed by atoms with Crippen molar-refractivity contribution in [1.29, 1.82) is 0 Å². The van der Waals surface area contributed by atoms with E-state index in [2.05, 4.69) is 39.4 Å². The molecule has 0 unspecified atom stereocenters. The molecule has 3 aromatic heterocycles. The lowest BCUT2D eigenvalue weighted by Crippen LogP contribution is -2.08. The average Bonchev–Trinajstić information content (AvgIpc) is 3.01. The molecule has 0 aliphatic carbocycles. The summed E-state index contributed by atoms with van der Waals surface area (Å²) in [5.41, 5.74) is 2.08. The fraction of sp³-hybridized carbons (Fsp3) is 0.400. The number of thiophene rings is 1. The summed E-state index contributed by atoms with van der Waals surface area (Å²) in [7, 11) is 0. The third-order valence-corrected chi connectivity index (χ3v) is 4.49. The molecule has 0 aliphatic rings. The molecule has 21 heavy (non-hydrogen) atoms. The van der Waals surface area contributed by atoms with Crippen LogP contribution in [0.15, 0.2) is 12.1 Å². The van der Waals surface area contributed by atoms with Crippen LogP contribution in [0, 0.1) is 13.8 Å². The van der Waals surface area contributed by atoms with Gasteiger partial charge < -0.3 is 5.32 Å². The monoisotopic (exact) mass is 301 g/mol. The molecule has 0 atom stereocenters. The first-order chi connectivity index (χ1) is 10.1. The van der Waals surface area contributed by atoms with E-state index in [1.54, 1.807) is 11.3 Å². The molecule has 0 amide bonds. The zero-order valence-electron chi connectivity index (χ0n) is 12.8. The minimum absolute atomic E-state index is 0.664. The predicted molar refractivity (Wildman–Crippen MR) is 87.6 cm³/mol. The fourth-order valence-electron chi connectivity index (χ4n) is 2.37. The summed E-state index contributed by atoms with van der Waals surface area (Å²) >= 11 is 1.73. The summed E-state index contributed by atoms with van der Waals surface area (Å²) in [5, 5.41) is 8.85. The standard InChI is InChI=1S/C15H19N5S/c1-5-11-8-12-13(20-10(4)7-9(3)19-20)17-15(16-6-2)18-14(12)21-11/h7-8H,5-6H2,1-4H3,(H,16,17,18). The lowest BCUT2D eigenvalue weighted by Gasteiger charge is -2.08. The molecule has 6 heteroatoms. The van der Waals surface area contributed by atoms with E-state index in [1.807, 2.05) is 25.5 Å². The molecule has 0 fully saturated rings. The normalized spacial score (nSPS) is 11.2. The van der Waals surface area contributed by atoms with E-state index >= 15 is 0 Å². The highest BCUT2D eigenvalue weighted by atomic mass is 32.1. The Bertz CT molecular complexity index is 787. The van der Waals surface area contributed by atoms with Crippen LogP contribution < -0.4 is 5.32 Å². The summed E-state index contributed by atoms with van der Waals surface area (Å²) in [6.07, 6.45) is 1.01. The molecule has 0 spiro atoms. The summed E-state index contributed by atoms with van der Waals surface area (Å²) in [5.74, 6) is 1.52. The van der Waals surface area contributed by atoms with E-state index in [1.165, 1.54) is 4.88 Å². The Morgan fingerprint density at radius 2 is 2.00 bits per heavy atom. The van der Waals surface area contributed by atoms with Crippen LogP contribution in [-0.4, -0.2) is 26.3 Å². The molecule has 0 saturated carbocycles. The number of fused-ring (bicyclic) bond motifs is 1. The summed E-state index contributed by atoms with van der Waals surface area (Å²) in [4.78, 5) is 11.6. The van der Waals surface area contributed by atoms with Gasteiger partial charge in [0.25, 0.3) is 0 Å². The van der Waals surface area contributed by atoms with Crippen molar-refractivity contribution < 1.29 is 0 Å². The van der Waals surface area contributed by atoms with E-state index < -0.39 is 0 Å². The van der Waals surface area contributed by atoms with Gasteiger partial charge in [0.1, 0.15) is 4.83 Å². The SMILES string of the molecule is CCNc1nc(-n2nc(C)cc2C)c2cc(CC)sc2n1. The van der Waals surface area contributed by atoms with E-state index in [0.29, 0.717) is 5.95 Å². The quantitative estimate of drug-likeness (QED) is 0.801. The van der Waals surface area contributed by atoms with Crippen LogP contribution >= 0.6 is 11.3 Å². The Morgan fingerprint density at radius 3 is 2.62 bits per heavy atom. The highest BCUT2D eigenvalue weighted by Gasteiger charge is 2.15. The van der Waals surface area contributed by atoms with Gasteiger partial charge in [-0.2, -0.15) is 10.1 Å². The first-order valence-electron chi connectivity index (χ1n) is 7.20. The maximum atomic E-state index is 4.67. The molecule has 0 saturated heterocycles. The van der Waals surface area contributed by atoms with Crippen molar-refractivity contribution in [3.8, 4) is 5.82 Å². The van der Waals surface area contributed by atoms with Gasteiger partial charge >= 0.3 is 0 Å². The van der Waals surface area contributed by atoms with Gasteiger partial charge in [-0.1, -0.05) is 6.92 Å². The van der Waals surface area contributed by atoms with Crippen LogP contribution in [0.25, 0.3) is 16.0 Å². The topological polar surface area (TPSA) is 55.6 Å². The smallest absolute Gasteiger partial charge is 0.226 e. The van der Waals surface area contributed by atoms with Gasteiger partial charge in [0.2, 0.25) is 5.95 Å². The largest absolute Gasteiger partial charge is 0.354 e. The van der Waals surface area contributed by atoms with Gasteiger partial charge in [0, 0.05) is 17.1 Å². The first-order valence-corrected chi connectivity index (χ1v) is 8.02. The maximum Gasteiger partial charge on any atom is 0.226 e. The molecular formula is C15H19N5S. The molecule has 3 rings (SSSR count). The number of nitrogens with zero attached hydrogens (tertiary/aromatic N) is 4. The van der Waals surface area contributed by atoms with Crippen LogP contribution in [0.3, 0.4) is 0 Å². The molecule has 0 aromatic carbocycles. The average molecular weight is 301 g/mol. The Kier molecular flexibility index (Phi) is 3.63. The van der Waals surface area contributed by atoms with Crippen molar-refractivity contribution >= 4 is 27.5 Å². The van der Waals surface area contributed by atoms with E-state index in [-0.39, 0.29) is 0 Å². The molecular weight excluding hydrogens is 282 g/mol. The summed E-state index contributed by atoms with van der Waals surface area (Å²) in [6, 6.07) is 4.25. The molecule has 3 aromatic rings. The molecule has 0 radical (unpaired) electrons. The molecule has 5 nitrogen and oxygen atoms in total. The number of hydrogen-bond acceptors (Lipinski definition) is 5. The van der Waals surface area contributed by atoms with Crippen molar-refractivity contribution in [3.05, 3.63) is 28.4 Å². The lowest BCUT2D eigenvalue weighted by atomic mass is 10.3. The van der Waals surface area contributed by atoms with Crippen molar-refractivity contribution in [3.63, 3.8) is 0 Å². The summed E-state index contributed by atoms with van der Waals surface area (Å²) in [6.45, 7) is 9.05. The second-order valence-corrected chi connectivity index (χ2v) is 6.14. The zero-order chi connectivity index (χ0) is 15.0. The highest BCUT2D eigenvalue weighted by Crippen LogP contribution is 2.30. The Hall–Kier alpha value is -1.95. The van der Waals surface area contributed by atoms with Crippen molar-refractivity contribution in [1.82, 2.24) is 19.7 Å². The van der Waals surface area contributed by atoms with Crippen LogP contribution in [0.1, 0.15) is 30.1 Å². The summed E-state index contributed by atoms with van der Waals surface area (Å²) < 4.78 is 1.91. The van der Waals surface area contributed by atoms with Crippen molar-refractivity contribution in [2.45, 2.75) is 34.1 Å². The maximum absolute atomic E-state index is 4.67. The van der Waals surface area contributed by atoms with Gasteiger partial charge in [-0.25, -0.2) is 9.67 Å². The van der Waals surface area contributed by atoms with Gasteiger partial charge in [-0.15, -0.1) is 11.3 Å². The Balaban J connectivity index is 2.27. The van der Waals surface area contributed by atoms with Gasteiger partial charge in [-0.05, 0) is 39.3 Å². The fourth-order valence-corrected chi connectivity index (χ4v) is 3.33. The predicted octanol–water partition coefficient (Wildman–Crippen LogP) is 3.49. The second kappa shape index (κ2) is 5.44. The molecule has 0 aliphatic heterocycles. The lowest BCUT2D eigenvalue weighted by molar-refractivity contribution is 0.811. The van der Waals surface area contributed by atoms with Gasteiger partial charge in [-0.3, -0.25) is 0 Å². The number of aromatic nitrogens is 4. The zero-order valence-corrected chi connectivity index (χ0v) is 13.6. The van der Waals surface area contributed by atoms with Crippen LogP contribution in [0.5, 0.6) is 0 Å². The number of anilines is 1. The van der Waals surface area contributed by atoms with Crippen LogP contribution in [0.2, 0.25) is 0 Å². The number of rotatable bonds is 4. The Morgan fingerprint density at radius 1 is 1.19 bits per heavy atom. The number of nitrogens with one attached hydrogen (secondary N) is 1. The minimum Gasteiger partial charge on any atom is -0.354 e. The van der Waals surface area contributed by atoms with Crippen LogP contribution in [0.4, 0.5) is 5.95 Å². The molecule has 3 heterocycles.